The van der Waals surface area contributed by atoms with E-state index in [9.17, 15) is 18.0 Å². The van der Waals surface area contributed by atoms with Gasteiger partial charge in [0.2, 0.25) is 11.8 Å². The molecule has 1 saturated carbocycles. The zero-order valence-electron chi connectivity index (χ0n) is 19.0. The first-order valence-electron chi connectivity index (χ1n) is 10.9. The van der Waals surface area contributed by atoms with Gasteiger partial charge in [0.05, 0.1) is 24.4 Å². The molecule has 0 aromatic heterocycles. The maximum Gasteiger partial charge on any atom is 0.230 e. The van der Waals surface area contributed by atoms with Gasteiger partial charge < -0.3 is 19.7 Å². The average molecular weight is 473 g/mol. The van der Waals surface area contributed by atoms with Crippen molar-refractivity contribution in [3.63, 3.8) is 0 Å². The van der Waals surface area contributed by atoms with Crippen molar-refractivity contribution in [2.75, 3.05) is 31.0 Å². The molecule has 2 aromatic rings. The summed E-state index contributed by atoms with van der Waals surface area (Å²) in [5.74, 6) is 0.838. The van der Waals surface area contributed by atoms with Crippen molar-refractivity contribution in [1.82, 2.24) is 0 Å². The first kappa shape index (κ1) is 23.1. The van der Waals surface area contributed by atoms with E-state index in [2.05, 4.69) is 5.32 Å². The Morgan fingerprint density at radius 3 is 2.36 bits per heavy atom. The molecule has 1 aliphatic heterocycles. The number of amides is 2. The molecule has 2 amide bonds. The molecular formula is C24H28N2O6S. The second kappa shape index (κ2) is 9.05. The van der Waals surface area contributed by atoms with Gasteiger partial charge in [-0.05, 0) is 49.9 Å². The lowest BCUT2D eigenvalue weighted by molar-refractivity contribution is -0.119. The molecule has 2 aliphatic rings. The lowest BCUT2D eigenvalue weighted by Gasteiger charge is -2.18. The SMILES string of the molecule is COc1cc(NC(=O)CC(C)S(=O)(=O)c2ccc3c(c2)CCN3C(=O)C2CC2)cc(OC)c1. The fraction of sp³-hybridized carbons (Fsp3) is 0.417. The number of methoxy groups -OCH3 is 2. The molecule has 0 bridgehead atoms. The monoisotopic (exact) mass is 472 g/mol. The molecule has 1 fully saturated rings. The Bertz CT molecular complexity index is 1170. The van der Waals surface area contributed by atoms with Gasteiger partial charge in [-0.3, -0.25) is 9.59 Å². The Morgan fingerprint density at radius 1 is 1.09 bits per heavy atom. The van der Waals surface area contributed by atoms with E-state index < -0.39 is 21.0 Å². The fourth-order valence-corrected chi connectivity index (χ4v) is 5.43. The van der Waals surface area contributed by atoms with E-state index in [1.807, 2.05) is 0 Å². The van der Waals surface area contributed by atoms with E-state index in [-0.39, 0.29) is 23.1 Å². The Hall–Kier alpha value is -3.07. The summed E-state index contributed by atoms with van der Waals surface area (Å²) < 4.78 is 36.7. The second-order valence-corrected chi connectivity index (χ2v) is 10.9. The van der Waals surface area contributed by atoms with Crippen LogP contribution in [0.2, 0.25) is 0 Å². The highest BCUT2D eigenvalue weighted by atomic mass is 32.2. The second-order valence-electron chi connectivity index (χ2n) is 8.51. The van der Waals surface area contributed by atoms with E-state index in [0.29, 0.717) is 30.2 Å². The number of ether oxygens (including phenoxy) is 2. The summed E-state index contributed by atoms with van der Waals surface area (Å²) in [4.78, 5) is 27.0. The number of hydrogen-bond donors (Lipinski definition) is 1. The topological polar surface area (TPSA) is 102 Å². The van der Waals surface area contributed by atoms with Crippen molar-refractivity contribution >= 4 is 33.0 Å². The zero-order valence-corrected chi connectivity index (χ0v) is 19.8. The number of carbonyl (C=O) groups excluding carboxylic acids is 2. The van der Waals surface area contributed by atoms with Crippen molar-refractivity contribution in [2.45, 2.75) is 42.8 Å². The number of benzene rings is 2. The highest BCUT2D eigenvalue weighted by molar-refractivity contribution is 7.92. The van der Waals surface area contributed by atoms with Crippen molar-refractivity contribution in [2.24, 2.45) is 5.92 Å². The van der Waals surface area contributed by atoms with Gasteiger partial charge >= 0.3 is 0 Å². The van der Waals surface area contributed by atoms with Crippen LogP contribution >= 0.6 is 0 Å². The minimum atomic E-state index is -3.73. The number of sulfone groups is 1. The van der Waals surface area contributed by atoms with Gasteiger partial charge in [0.1, 0.15) is 11.5 Å². The van der Waals surface area contributed by atoms with E-state index in [1.165, 1.54) is 27.2 Å². The van der Waals surface area contributed by atoms with Crippen LogP contribution in [0.5, 0.6) is 11.5 Å². The van der Waals surface area contributed by atoms with Crippen molar-refractivity contribution < 1.29 is 27.5 Å². The summed E-state index contributed by atoms with van der Waals surface area (Å²) in [5.41, 5.74) is 2.10. The molecule has 1 atom stereocenters. The average Bonchev–Trinajstić information content (AvgIpc) is 3.56. The molecule has 0 radical (unpaired) electrons. The number of fused-ring (bicyclic) bond motifs is 1. The van der Waals surface area contributed by atoms with Crippen LogP contribution in [-0.4, -0.2) is 46.2 Å². The predicted octanol–water partition coefficient (Wildman–Crippen LogP) is 3.19. The zero-order chi connectivity index (χ0) is 23.8. The number of rotatable bonds is 8. The first-order valence-corrected chi connectivity index (χ1v) is 12.5. The van der Waals surface area contributed by atoms with Gasteiger partial charge in [-0.1, -0.05) is 0 Å². The summed E-state index contributed by atoms with van der Waals surface area (Å²) in [6.07, 6.45) is 2.29. The lowest BCUT2D eigenvalue weighted by Crippen LogP contribution is -2.30. The van der Waals surface area contributed by atoms with Crippen molar-refractivity contribution in [1.29, 1.82) is 0 Å². The van der Waals surface area contributed by atoms with Crippen LogP contribution in [0.25, 0.3) is 0 Å². The molecule has 0 spiro atoms. The molecule has 1 heterocycles. The summed E-state index contributed by atoms with van der Waals surface area (Å²) in [7, 11) is -0.716. The molecule has 8 nitrogen and oxygen atoms in total. The van der Waals surface area contributed by atoms with Gasteiger partial charge in [0.15, 0.2) is 9.84 Å². The Morgan fingerprint density at radius 2 is 1.76 bits per heavy atom. The van der Waals surface area contributed by atoms with Gasteiger partial charge in [0, 0.05) is 48.5 Å². The van der Waals surface area contributed by atoms with Crippen molar-refractivity contribution in [3.8, 4) is 11.5 Å². The Labute approximate surface area is 193 Å². The summed E-state index contributed by atoms with van der Waals surface area (Å²) in [6.45, 7) is 2.10. The number of carbonyl (C=O) groups is 2. The largest absolute Gasteiger partial charge is 0.497 e. The van der Waals surface area contributed by atoms with Crippen LogP contribution < -0.4 is 19.7 Å². The molecule has 9 heteroatoms. The predicted molar refractivity (Wildman–Crippen MR) is 125 cm³/mol. The molecular weight excluding hydrogens is 444 g/mol. The summed E-state index contributed by atoms with van der Waals surface area (Å²) in [5, 5.41) is 1.79. The van der Waals surface area contributed by atoms with E-state index in [0.717, 1.165) is 24.1 Å². The number of nitrogens with zero attached hydrogens (tertiary/aromatic N) is 1. The third kappa shape index (κ3) is 4.83. The molecule has 33 heavy (non-hydrogen) atoms. The number of hydrogen-bond acceptors (Lipinski definition) is 6. The third-order valence-electron chi connectivity index (χ3n) is 6.11. The molecule has 0 saturated heterocycles. The standard InChI is InChI=1S/C24H28N2O6S/c1-15(10-23(27)25-18-12-19(31-2)14-20(13-18)32-3)33(29,30)21-6-7-22-17(11-21)8-9-26(22)24(28)16-4-5-16/h6-7,11-16H,4-5,8-10H2,1-3H3,(H,25,27). The van der Waals surface area contributed by atoms with Crippen LogP contribution in [0, 0.1) is 5.92 Å². The maximum absolute atomic E-state index is 13.2. The van der Waals surface area contributed by atoms with Crippen LogP contribution in [-0.2, 0) is 25.8 Å². The van der Waals surface area contributed by atoms with Gasteiger partial charge in [0.25, 0.3) is 0 Å². The van der Waals surface area contributed by atoms with E-state index in [1.54, 1.807) is 35.2 Å². The highest BCUT2D eigenvalue weighted by Crippen LogP contribution is 2.37. The molecule has 2 aromatic carbocycles. The van der Waals surface area contributed by atoms with E-state index >= 15 is 0 Å². The molecule has 176 valence electrons. The first-order chi connectivity index (χ1) is 15.7. The smallest absolute Gasteiger partial charge is 0.230 e. The highest BCUT2D eigenvalue weighted by Gasteiger charge is 2.37. The quantitative estimate of drug-likeness (QED) is 0.633. The summed E-state index contributed by atoms with van der Waals surface area (Å²) >= 11 is 0. The van der Waals surface area contributed by atoms with Crippen molar-refractivity contribution in [3.05, 3.63) is 42.0 Å². The fourth-order valence-electron chi connectivity index (χ4n) is 4.03. The van der Waals surface area contributed by atoms with Crippen LogP contribution in [0.15, 0.2) is 41.3 Å². The van der Waals surface area contributed by atoms with Crippen LogP contribution in [0.4, 0.5) is 11.4 Å². The third-order valence-corrected chi connectivity index (χ3v) is 8.24. The Balaban J connectivity index is 1.45. The molecule has 4 rings (SSSR count). The minimum absolute atomic E-state index is 0.113. The van der Waals surface area contributed by atoms with Gasteiger partial charge in [-0.2, -0.15) is 0 Å². The number of nitrogens with one attached hydrogen (secondary N) is 1. The van der Waals surface area contributed by atoms with Crippen LogP contribution in [0.1, 0.15) is 31.7 Å². The normalized spacial score (nSPS) is 16.2. The lowest BCUT2D eigenvalue weighted by atomic mass is 10.2. The van der Waals surface area contributed by atoms with Gasteiger partial charge in [-0.25, -0.2) is 8.42 Å². The van der Waals surface area contributed by atoms with Gasteiger partial charge in [-0.15, -0.1) is 0 Å². The molecule has 1 aliphatic carbocycles. The van der Waals surface area contributed by atoms with Crippen LogP contribution in [0.3, 0.4) is 0 Å². The summed E-state index contributed by atoms with van der Waals surface area (Å²) in [6, 6.07) is 9.84. The Kier molecular flexibility index (Phi) is 6.34. The van der Waals surface area contributed by atoms with E-state index in [4.69, 9.17) is 9.47 Å². The minimum Gasteiger partial charge on any atom is -0.497 e. The molecule has 1 unspecified atom stereocenters. The number of anilines is 2. The maximum atomic E-state index is 13.2. The molecule has 1 N–H and O–H groups in total.